The molecule has 1 aliphatic rings. The van der Waals surface area contributed by atoms with Crippen LogP contribution >= 0.6 is 0 Å². The maximum absolute atomic E-state index is 14.1. The van der Waals surface area contributed by atoms with Gasteiger partial charge in [0.15, 0.2) is 5.82 Å². The van der Waals surface area contributed by atoms with Crippen molar-refractivity contribution in [2.24, 2.45) is 5.92 Å². The number of amides is 2. The maximum atomic E-state index is 14.1. The van der Waals surface area contributed by atoms with Gasteiger partial charge in [-0.15, -0.1) is 0 Å². The van der Waals surface area contributed by atoms with Gasteiger partial charge in [0.2, 0.25) is 11.8 Å². The highest BCUT2D eigenvalue weighted by Gasteiger charge is 2.37. The molecule has 1 aliphatic heterocycles. The molecule has 0 aliphatic carbocycles. The zero-order chi connectivity index (χ0) is 19.0. The van der Waals surface area contributed by atoms with Crippen LogP contribution in [-0.2, 0) is 16.1 Å². The molecule has 27 heavy (non-hydrogen) atoms. The smallest absolute Gasteiger partial charge is 0.229 e. The molecule has 2 aromatic carbocycles. The molecule has 2 heterocycles. The van der Waals surface area contributed by atoms with Gasteiger partial charge < -0.3 is 5.32 Å². The Morgan fingerprint density at radius 1 is 1.19 bits per heavy atom. The van der Waals surface area contributed by atoms with Crippen LogP contribution in [0.2, 0.25) is 0 Å². The van der Waals surface area contributed by atoms with Crippen molar-refractivity contribution < 1.29 is 18.4 Å². The molecule has 3 aromatic rings. The Bertz CT molecular complexity index is 1030. The minimum atomic E-state index is -0.609. The lowest BCUT2D eigenvalue weighted by Crippen LogP contribution is -2.33. The van der Waals surface area contributed by atoms with E-state index in [1.54, 1.807) is 30.3 Å². The number of fused-ring (bicyclic) bond motifs is 1. The van der Waals surface area contributed by atoms with Crippen LogP contribution < -0.4 is 10.2 Å². The summed E-state index contributed by atoms with van der Waals surface area (Å²) in [4.78, 5) is 26.1. The largest absolute Gasteiger partial charge is 0.352 e. The fourth-order valence-corrected chi connectivity index (χ4v) is 3.27. The number of nitrogens with zero attached hydrogens (tertiary/aromatic N) is 2. The quantitative estimate of drug-likeness (QED) is 0.741. The topological polar surface area (TPSA) is 78.1 Å². The van der Waals surface area contributed by atoms with Crippen molar-refractivity contribution in [2.75, 3.05) is 11.4 Å². The van der Waals surface area contributed by atoms with Gasteiger partial charge in [0.25, 0.3) is 0 Å². The van der Waals surface area contributed by atoms with Crippen molar-refractivity contribution in [1.29, 1.82) is 0 Å². The molecule has 6 nitrogen and oxygen atoms in total. The van der Waals surface area contributed by atoms with Gasteiger partial charge in [-0.05, 0) is 18.2 Å². The Kier molecular flexibility index (Phi) is 4.31. The minimum absolute atomic E-state index is 0.00802. The van der Waals surface area contributed by atoms with Crippen molar-refractivity contribution in [3.05, 3.63) is 59.7 Å². The van der Waals surface area contributed by atoms with E-state index in [2.05, 4.69) is 15.5 Å². The van der Waals surface area contributed by atoms with E-state index in [4.69, 9.17) is 0 Å². The first kappa shape index (κ1) is 17.1. The number of halogens is 2. The van der Waals surface area contributed by atoms with E-state index in [0.717, 1.165) is 0 Å². The molecule has 1 saturated heterocycles. The van der Waals surface area contributed by atoms with Gasteiger partial charge in [0.1, 0.15) is 11.6 Å². The Morgan fingerprint density at radius 3 is 2.78 bits per heavy atom. The summed E-state index contributed by atoms with van der Waals surface area (Å²) in [5.41, 5.74) is 0.845. The molecule has 0 saturated carbocycles. The third-order valence-electron chi connectivity index (χ3n) is 4.68. The Labute approximate surface area is 153 Å². The first-order chi connectivity index (χ1) is 13.0. The number of H-pyrrole nitrogens is 1. The van der Waals surface area contributed by atoms with E-state index in [9.17, 15) is 18.4 Å². The van der Waals surface area contributed by atoms with Crippen LogP contribution in [0.1, 0.15) is 12.0 Å². The third-order valence-corrected chi connectivity index (χ3v) is 4.68. The number of aromatic amines is 1. The van der Waals surface area contributed by atoms with Gasteiger partial charge >= 0.3 is 0 Å². The van der Waals surface area contributed by atoms with Crippen molar-refractivity contribution >= 4 is 28.5 Å². The van der Waals surface area contributed by atoms with Crippen LogP contribution in [0.25, 0.3) is 10.9 Å². The summed E-state index contributed by atoms with van der Waals surface area (Å²) in [5, 5.41) is 9.62. The molecule has 0 bridgehead atoms. The predicted molar refractivity (Wildman–Crippen MR) is 94.8 cm³/mol. The Balaban J connectivity index is 1.49. The van der Waals surface area contributed by atoms with Crippen LogP contribution in [0, 0.1) is 17.6 Å². The number of anilines is 1. The van der Waals surface area contributed by atoms with Gasteiger partial charge in [-0.25, -0.2) is 8.78 Å². The molecule has 2 amide bonds. The lowest BCUT2D eigenvalue weighted by atomic mass is 10.1. The fraction of sp³-hybridized carbons (Fsp3) is 0.211. The van der Waals surface area contributed by atoms with Gasteiger partial charge in [0, 0.05) is 25.1 Å². The van der Waals surface area contributed by atoms with Crippen LogP contribution in [0.4, 0.5) is 14.6 Å². The minimum Gasteiger partial charge on any atom is -0.352 e. The van der Waals surface area contributed by atoms with E-state index in [1.807, 2.05) is 0 Å². The van der Waals surface area contributed by atoms with Crippen LogP contribution in [0.3, 0.4) is 0 Å². The van der Waals surface area contributed by atoms with E-state index in [0.29, 0.717) is 11.1 Å². The summed E-state index contributed by atoms with van der Waals surface area (Å²) in [7, 11) is 0. The van der Waals surface area contributed by atoms with Crippen molar-refractivity contribution in [3.8, 4) is 0 Å². The summed E-state index contributed by atoms with van der Waals surface area (Å²) >= 11 is 0. The van der Waals surface area contributed by atoms with Crippen molar-refractivity contribution in [3.63, 3.8) is 0 Å². The number of hydrogen-bond acceptors (Lipinski definition) is 3. The summed E-state index contributed by atoms with van der Waals surface area (Å²) in [5.74, 6) is -1.98. The van der Waals surface area contributed by atoms with Crippen LogP contribution in [0.5, 0.6) is 0 Å². The third kappa shape index (κ3) is 3.14. The summed E-state index contributed by atoms with van der Waals surface area (Å²) in [6, 6.07) is 10.7. The standard InChI is InChI=1S/C19H16F2N4O2/c20-13-5-2-1-4-11(13)9-22-19(27)12-8-16(26)25(10-12)18-17-14(21)6-3-7-15(17)23-24-18/h1-7,12H,8-10H2,(H,22,27)(H,23,24)/t12-/m1/s1. The normalized spacial score (nSPS) is 16.9. The van der Waals surface area contributed by atoms with E-state index in [1.165, 1.54) is 17.0 Å². The highest BCUT2D eigenvalue weighted by atomic mass is 19.1. The molecule has 138 valence electrons. The van der Waals surface area contributed by atoms with Gasteiger partial charge in [-0.1, -0.05) is 24.3 Å². The summed E-state index contributed by atoms with van der Waals surface area (Å²) in [6.45, 7) is 0.131. The molecule has 0 unspecified atom stereocenters. The molecular formula is C19H16F2N4O2. The lowest BCUT2D eigenvalue weighted by molar-refractivity contribution is -0.126. The number of carbonyl (C=O) groups is 2. The number of carbonyl (C=O) groups excluding carboxylic acids is 2. The number of benzene rings is 2. The first-order valence-electron chi connectivity index (χ1n) is 8.48. The Hall–Kier alpha value is -3.29. The first-order valence-corrected chi connectivity index (χ1v) is 8.48. The number of rotatable bonds is 4. The molecule has 0 radical (unpaired) electrons. The van der Waals surface area contributed by atoms with Gasteiger partial charge in [-0.2, -0.15) is 5.10 Å². The van der Waals surface area contributed by atoms with E-state index >= 15 is 0 Å². The lowest BCUT2D eigenvalue weighted by Gasteiger charge is -2.14. The molecule has 1 fully saturated rings. The molecule has 4 rings (SSSR count). The maximum Gasteiger partial charge on any atom is 0.229 e. The molecular weight excluding hydrogens is 354 g/mol. The second-order valence-electron chi connectivity index (χ2n) is 6.42. The molecule has 1 aromatic heterocycles. The average Bonchev–Trinajstić information content (AvgIpc) is 3.25. The van der Waals surface area contributed by atoms with Crippen LogP contribution in [-0.4, -0.2) is 28.6 Å². The van der Waals surface area contributed by atoms with Gasteiger partial charge in [-0.3, -0.25) is 19.6 Å². The van der Waals surface area contributed by atoms with Crippen LogP contribution in [0.15, 0.2) is 42.5 Å². The highest BCUT2D eigenvalue weighted by Crippen LogP contribution is 2.31. The molecule has 2 N–H and O–H groups in total. The zero-order valence-electron chi connectivity index (χ0n) is 14.2. The molecule has 1 atom stereocenters. The number of aromatic nitrogens is 2. The van der Waals surface area contributed by atoms with E-state index < -0.39 is 17.6 Å². The fourth-order valence-electron chi connectivity index (χ4n) is 3.27. The second kappa shape index (κ2) is 6.79. The average molecular weight is 370 g/mol. The number of nitrogens with one attached hydrogen (secondary N) is 2. The van der Waals surface area contributed by atoms with E-state index in [-0.39, 0.29) is 42.5 Å². The zero-order valence-corrected chi connectivity index (χ0v) is 14.2. The number of hydrogen-bond donors (Lipinski definition) is 2. The van der Waals surface area contributed by atoms with Crippen molar-refractivity contribution in [2.45, 2.75) is 13.0 Å². The highest BCUT2D eigenvalue weighted by molar-refractivity contribution is 6.05. The monoisotopic (exact) mass is 370 g/mol. The van der Waals surface area contributed by atoms with Crippen molar-refractivity contribution in [1.82, 2.24) is 15.5 Å². The summed E-state index contributed by atoms with van der Waals surface area (Å²) < 4.78 is 27.8. The SMILES string of the molecule is O=C(NCc1ccccc1F)[C@@H]1CC(=O)N(c2n[nH]c3cccc(F)c23)C1. The predicted octanol–water partition coefficient (Wildman–Crippen LogP) is 2.51. The molecule has 0 spiro atoms. The Morgan fingerprint density at radius 2 is 1.96 bits per heavy atom. The molecule has 8 heteroatoms. The van der Waals surface area contributed by atoms with Gasteiger partial charge in [0.05, 0.1) is 16.8 Å². The summed E-state index contributed by atoms with van der Waals surface area (Å²) in [6.07, 6.45) is -0.00802. The second-order valence-corrected chi connectivity index (χ2v) is 6.42.